The first-order valence-corrected chi connectivity index (χ1v) is 11.0. The van der Waals surface area contributed by atoms with E-state index in [9.17, 15) is 4.79 Å². The van der Waals surface area contributed by atoms with Gasteiger partial charge in [-0.25, -0.2) is 4.98 Å². The molecule has 0 bridgehead atoms. The molecule has 1 amide bonds. The predicted octanol–water partition coefficient (Wildman–Crippen LogP) is 7.58. The van der Waals surface area contributed by atoms with E-state index in [-0.39, 0.29) is 5.91 Å². The molecule has 0 saturated heterocycles. The summed E-state index contributed by atoms with van der Waals surface area (Å²) in [6.07, 6.45) is 1.05. The number of aromatic nitrogens is 1. The maximum Gasteiger partial charge on any atom is 0.259 e. The lowest BCUT2D eigenvalue weighted by molar-refractivity contribution is 0.102. The Kier molecular flexibility index (Phi) is 6.40. The first-order chi connectivity index (χ1) is 15.4. The van der Waals surface area contributed by atoms with Crippen LogP contribution in [0.5, 0.6) is 5.75 Å². The summed E-state index contributed by atoms with van der Waals surface area (Å²) in [7, 11) is 1.49. The van der Waals surface area contributed by atoms with Crippen LogP contribution in [0.2, 0.25) is 10.0 Å². The highest BCUT2D eigenvalue weighted by molar-refractivity contribution is 6.34. The van der Waals surface area contributed by atoms with Gasteiger partial charge in [-0.05, 0) is 66.4 Å². The van der Waals surface area contributed by atoms with Gasteiger partial charge in [0, 0.05) is 10.6 Å². The topological polar surface area (TPSA) is 64.4 Å². The Balaban J connectivity index is 1.66. The lowest BCUT2D eigenvalue weighted by Gasteiger charge is -2.11. The van der Waals surface area contributed by atoms with Gasteiger partial charge in [0.1, 0.15) is 11.3 Å². The summed E-state index contributed by atoms with van der Waals surface area (Å²) in [5, 5.41) is 3.64. The summed E-state index contributed by atoms with van der Waals surface area (Å²) in [5.74, 6) is 0.920. The quantitative estimate of drug-likeness (QED) is 0.316. The van der Waals surface area contributed by atoms with Crippen LogP contribution in [0, 0.1) is 0 Å². The number of oxazole rings is 1. The monoisotopic (exact) mass is 468 g/mol. The van der Waals surface area contributed by atoms with Crippen LogP contribution >= 0.6 is 23.2 Å². The normalized spacial score (nSPS) is 12.0. The van der Waals surface area contributed by atoms with E-state index in [2.05, 4.69) is 36.3 Å². The number of carbonyl (C=O) groups excluding carboxylic acids is 1. The minimum atomic E-state index is -0.390. The van der Waals surface area contributed by atoms with E-state index in [1.807, 2.05) is 6.07 Å². The van der Waals surface area contributed by atoms with Crippen LogP contribution in [0.4, 0.5) is 5.69 Å². The number of methoxy groups -OCH3 is 1. The number of nitrogens with zero attached hydrogens (tertiary/aromatic N) is 1. The Morgan fingerprint density at radius 1 is 1.12 bits per heavy atom. The molecule has 0 spiro atoms. The number of nitrogens with one attached hydrogen (secondary N) is 1. The van der Waals surface area contributed by atoms with Crippen molar-refractivity contribution in [1.29, 1.82) is 0 Å². The number of anilines is 1. The summed E-state index contributed by atoms with van der Waals surface area (Å²) in [5.41, 5.74) is 4.15. The average Bonchev–Trinajstić information content (AvgIpc) is 3.23. The number of benzene rings is 3. The molecule has 0 fully saturated rings. The average molecular weight is 469 g/mol. The van der Waals surface area contributed by atoms with Crippen LogP contribution in [0.1, 0.15) is 42.1 Å². The second kappa shape index (κ2) is 9.23. The minimum Gasteiger partial charge on any atom is -0.496 e. The molecule has 1 atom stereocenters. The Hall–Kier alpha value is -3.02. The highest BCUT2D eigenvalue weighted by Crippen LogP contribution is 2.32. The molecule has 0 saturated carbocycles. The maximum absolute atomic E-state index is 12.9. The number of fused-ring (bicyclic) bond motifs is 1. The van der Waals surface area contributed by atoms with Gasteiger partial charge in [-0.2, -0.15) is 0 Å². The fourth-order valence-electron chi connectivity index (χ4n) is 3.41. The summed E-state index contributed by atoms with van der Waals surface area (Å²) in [6.45, 7) is 4.34. The van der Waals surface area contributed by atoms with E-state index in [0.717, 1.165) is 11.9 Å². The molecule has 0 unspecified atom stereocenters. The molecule has 5 nitrogen and oxygen atoms in total. The van der Waals surface area contributed by atoms with Crippen LogP contribution in [0.3, 0.4) is 0 Å². The Labute approximate surface area is 196 Å². The Morgan fingerprint density at radius 2 is 1.94 bits per heavy atom. The molecule has 164 valence electrons. The second-order valence-electron chi connectivity index (χ2n) is 7.55. The lowest BCUT2D eigenvalue weighted by atomic mass is 9.98. The molecule has 0 radical (unpaired) electrons. The summed E-state index contributed by atoms with van der Waals surface area (Å²) >= 11 is 12.4. The van der Waals surface area contributed by atoms with Crippen molar-refractivity contribution in [1.82, 2.24) is 4.98 Å². The van der Waals surface area contributed by atoms with Gasteiger partial charge in [0.2, 0.25) is 5.89 Å². The molecule has 0 aliphatic carbocycles. The van der Waals surface area contributed by atoms with Crippen molar-refractivity contribution in [2.75, 3.05) is 12.4 Å². The van der Waals surface area contributed by atoms with Crippen molar-refractivity contribution in [3.63, 3.8) is 0 Å². The SMILES string of the molecule is CC[C@H](C)c1ccc2oc(-c3ccc(Cl)c(NC(=O)c4cc(Cl)ccc4OC)c3)nc2c1. The van der Waals surface area contributed by atoms with Crippen LogP contribution in [-0.2, 0) is 0 Å². The van der Waals surface area contributed by atoms with Gasteiger partial charge in [0.05, 0.1) is 23.4 Å². The van der Waals surface area contributed by atoms with Gasteiger partial charge >= 0.3 is 0 Å². The van der Waals surface area contributed by atoms with Gasteiger partial charge < -0.3 is 14.5 Å². The highest BCUT2D eigenvalue weighted by atomic mass is 35.5. The molecular weight excluding hydrogens is 447 g/mol. The van der Waals surface area contributed by atoms with Crippen LogP contribution in [-0.4, -0.2) is 18.0 Å². The first kappa shape index (κ1) is 22.2. The van der Waals surface area contributed by atoms with Gasteiger partial charge in [0.25, 0.3) is 5.91 Å². The van der Waals surface area contributed by atoms with Gasteiger partial charge in [-0.15, -0.1) is 0 Å². The predicted molar refractivity (Wildman–Crippen MR) is 129 cm³/mol. The Bertz CT molecular complexity index is 1300. The van der Waals surface area contributed by atoms with Crippen molar-refractivity contribution in [2.24, 2.45) is 0 Å². The number of hydrogen-bond donors (Lipinski definition) is 1. The number of carbonyl (C=O) groups is 1. The van der Waals surface area contributed by atoms with E-state index in [1.165, 1.54) is 12.7 Å². The van der Waals surface area contributed by atoms with E-state index in [4.69, 9.17) is 32.4 Å². The van der Waals surface area contributed by atoms with Crippen molar-refractivity contribution in [3.8, 4) is 17.2 Å². The van der Waals surface area contributed by atoms with Gasteiger partial charge in [-0.1, -0.05) is 43.1 Å². The van der Waals surface area contributed by atoms with Crippen LogP contribution in [0.25, 0.3) is 22.6 Å². The van der Waals surface area contributed by atoms with Crippen molar-refractivity contribution in [2.45, 2.75) is 26.2 Å². The zero-order chi connectivity index (χ0) is 22.8. The van der Waals surface area contributed by atoms with Crippen molar-refractivity contribution >= 4 is 45.9 Å². The number of ether oxygens (including phenoxy) is 1. The smallest absolute Gasteiger partial charge is 0.259 e. The molecule has 1 heterocycles. The molecule has 1 aromatic heterocycles. The zero-order valence-corrected chi connectivity index (χ0v) is 19.4. The Morgan fingerprint density at radius 3 is 2.69 bits per heavy atom. The lowest BCUT2D eigenvalue weighted by Crippen LogP contribution is -2.13. The molecule has 0 aliphatic heterocycles. The fraction of sp³-hybridized carbons (Fsp3) is 0.200. The number of hydrogen-bond acceptors (Lipinski definition) is 4. The highest BCUT2D eigenvalue weighted by Gasteiger charge is 2.17. The van der Waals surface area contributed by atoms with Crippen LogP contribution < -0.4 is 10.1 Å². The van der Waals surface area contributed by atoms with E-state index in [1.54, 1.807) is 36.4 Å². The largest absolute Gasteiger partial charge is 0.496 e. The van der Waals surface area contributed by atoms with Crippen LogP contribution in [0.15, 0.2) is 59.0 Å². The molecule has 32 heavy (non-hydrogen) atoms. The second-order valence-corrected chi connectivity index (χ2v) is 8.39. The van der Waals surface area contributed by atoms with E-state index >= 15 is 0 Å². The van der Waals surface area contributed by atoms with E-state index in [0.29, 0.717) is 50.0 Å². The summed E-state index contributed by atoms with van der Waals surface area (Å²) in [6, 6.07) is 16.1. The molecule has 3 aromatic carbocycles. The number of halogens is 2. The summed E-state index contributed by atoms with van der Waals surface area (Å²) < 4.78 is 11.2. The number of amides is 1. The molecule has 0 aliphatic rings. The third-order valence-electron chi connectivity index (χ3n) is 5.46. The fourth-order valence-corrected chi connectivity index (χ4v) is 3.75. The number of rotatable bonds is 6. The molecular formula is C25H22Cl2N2O3. The molecule has 4 aromatic rings. The maximum atomic E-state index is 12.9. The van der Waals surface area contributed by atoms with E-state index < -0.39 is 0 Å². The van der Waals surface area contributed by atoms with Gasteiger partial charge in [0.15, 0.2) is 5.58 Å². The molecule has 1 N–H and O–H groups in total. The first-order valence-electron chi connectivity index (χ1n) is 10.2. The third-order valence-corrected chi connectivity index (χ3v) is 6.03. The molecule has 7 heteroatoms. The van der Waals surface area contributed by atoms with Crippen molar-refractivity contribution < 1.29 is 13.9 Å². The zero-order valence-electron chi connectivity index (χ0n) is 17.9. The standard InChI is InChI=1S/C25H22Cl2N2O3/c1-4-14(2)15-6-9-23-21(11-15)29-25(32-23)16-5-8-19(27)20(12-16)28-24(30)18-13-17(26)7-10-22(18)31-3/h5-14H,4H2,1-3H3,(H,28,30)/t14-/m0/s1. The van der Waals surface area contributed by atoms with Gasteiger partial charge in [-0.3, -0.25) is 4.79 Å². The summed E-state index contributed by atoms with van der Waals surface area (Å²) in [4.78, 5) is 17.5. The minimum absolute atomic E-state index is 0.306. The van der Waals surface area contributed by atoms with Crippen molar-refractivity contribution in [3.05, 3.63) is 75.8 Å². The third kappa shape index (κ3) is 4.45. The molecule has 4 rings (SSSR count).